The Kier molecular flexibility index (Phi) is 5.99. The van der Waals surface area contributed by atoms with Gasteiger partial charge in [-0.05, 0) is 30.5 Å². The highest BCUT2D eigenvalue weighted by Crippen LogP contribution is 2.33. The van der Waals surface area contributed by atoms with E-state index in [9.17, 15) is 9.59 Å². The molecule has 164 valence electrons. The van der Waals surface area contributed by atoms with Crippen LogP contribution in [0.15, 0.2) is 59.7 Å². The number of rotatable bonds is 5. The van der Waals surface area contributed by atoms with Crippen LogP contribution in [0.5, 0.6) is 0 Å². The first-order chi connectivity index (χ1) is 15.7. The van der Waals surface area contributed by atoms with E-state index < -0.39 is 0 Å². The highest BCUT2D eigenvalue weighted by Gasteiger charge is 2.28. The van der Waals surface area contributed by atoms with Crippen molar-refractivity contribution in [1.29, 1.82) is 0 Å². The van der Waals surface area contributed by atoms with Crippen molar-refractivity contribution in [2.75, 3.05) is 19.6 Å². The molecular formula is C25H26N4O2S. The lowest BCUT2D eigenvalue weighted by Crippen LogP contribution is -2.39. The Morgan fingerprint density at radius 1 is 0.969 bits per heavy atom. The number of nitrogens with zero attached hydrogens (tertiary/aromatic N) is 4. The van der Waals surface area contributed by atoms with Gasteiger partial charge >= 0.3 is 0 Å². The van der Waals surface area contributed by atoms with Gasteiger partial charge in [0.1, 0.15) is 0 Å². The number of hydrogen-bond donors (Lipinski definition) is 0. The maximum atomic E-state index is 12.9. The van der Waals surface area contributed by atoms with Crippen LogP contribution in [0.3, 0.4) is 0 Å². The predicted octanol–water partition coefficient (Wildman–Crippen LogP) is 4.42. The minimum atomic E-state index is -0.0796. The van der Waals surface area contributed by atoms with Gasteiger partial charge in [-0.2, -0.15) is 5.10 Å². The number of hydrogen-bond acceptors (Lipinski definition) is 5. The number of thiazole rings is 1. The van der Waals surface area contributed by atoms with Crippen molar-refractivity contribution in [3.05, 3.63) is 65.2 Å². The molecule has 2 aromatic carbocycles. The Morgan fingerprint density at radius 2 is 1.75 bits per heavy atom. The average Bonchev–Trinajstić information content (AvgIpc) is 3.51. The zero-order chi connectivity index (χ0) is 21.9. The van der Waals surface area contributed by atoms with E-state index >= 15 is 0 Å². The molecule has 0 radical (unpaired) electrons. The SMILES string of the molecule is O=C(CCC(=O)N1CCC(c2ccccc2)=N1)N1CCCC(c2nc3ccccc3s2)C1. The summed E-state index contributed by atoms with van der Waals surface area (Å²) < 4.78 is 1.19. The second-order valence-electron chi connectivity index (χ2n) is 8.38. The third kappa shape index (κ3) is 4.43. The van der Waals surface area contributed by atoms with Crippen LogP contribution in [0.1, 0.15) is 48.6 Å². The molecule has 1 unspecified atom stereocenters. The topological polar surface area (TPSA) is 65.9 Å². The first kappa shape index (κ1) is 20.8. The summed E-state index contributed by atoms with van der Waals surface area (Å²) in [5.41, 5.74) is 3.01. The fourth-order valence-corrected chi connectivity index (χ4v) is 5.53. The molecule has 2 aliphatic heterocycles. The molecule has 0 N–H and O–H groups in total. The number of carbonyl (C=O) groups excluding carboxylic acids is 2. The number of aromatic nitrogens is 1. The van der Waals surface area contributed by atoms with Crippen LogP contribution in [0.4, 0.5) is 0 Å². The molecule has 0 bridgehead atoms. The summed E-state index contributed by atoms with van der Waals surface area (Å²) >= 11 is 1.73. The molecule has 2 amide bonds. The number of amides is 2. The Morgan fingerprint density at radius 3 is 2.59 bits per heavy atom. The van der Waals surface area contributed by atoms with Crippen LogP contribution in [0.2, 0.25) is 0 Å². The minimum absolute atomic E-state index is 0.0515. The van der Waals surface area contributed by atoms with Crippen molar-refractivity contribution >= 4 is 39.1 Å². The molecule has 5 rings (SSSR count). The summed E-state index contributed by atoms with van der Waals surface area (Å²) in [5.74, 6) is 0.247. The molecule has 2 aliphatic rings. The lowest BCUT2D eigenvalue weighted by atomic mass is 9.98. The molecular weight excluding hydrogens is 420 g/mol. The summed E-state index contributed by atoms with van der Waals surface area (Å²) in [6.07, 6.45) is 3.20. The zero-order valence-corrected chi connectivity index (χ0v) is 18.8. The third-order valence-corrected chi connectivity index (χ3v) is 7.38. The largest absolute Gasteiger partial charge is 0.342 e. The second-order valence-corrected chi connectivity index (χ2v) is 9.44. The summed E-state index contributed by atoms with van der Waals surface area (Å²) in [5, 5.41) is 7.12. The van der Waals surface area contributed by atoms with Crippen LogP contribution in [0.25, 0.3) is 10.2 Å². The van der Waals surface area contributed by atoms with Crippen LogP contribution in [0, 0.1) is 0 Å². The molecule has 1 saturated heterocycles. The normalized spacial score (nSPS) is 18.8. The molecule has 1 atom stereocenters. The molecule has 3 aromatic rings. The van der Waals surface area contributed by atoms with E-state index in [2.05, 4.69) is 11.2 Å². The molecule has 0 spiro atoms. The molecule has 1 fully saturated rings. The Hall–Kier alpha value is -3.06. The predicted molar refractivity (Wildman–Crippen MR) is 127 cm³/mol. The van der Waals surface area contributed by atoms with Gasteiger partial charge in [-0.15, -0.1) is 11.3 Å². The minimum Gasteiger partial charge on any atom is -0.342 e. The fourth-order valence-electron chi connectivity index (χ4n) is 4.44. The first-order valence-corrected chi connectivity index (χ1v) is 12.1. The third-order valence-electron chi connectivity index (χ3n) is 6.18. The van der Waals surface area contributed by atoms with E-state index in [1.165, 1.54) is 9.71 Å². The van der Waals surface area contributed by atoms with E-state index in [4.69, 9.17) is 4.98 Å². The molecule has 7 heteroatoms. The van der Waals surface area contributed by atoms with E-state index in [0.717, 1.165) is 47.6 Å². The maximum Gasteiger partial charge on any atom is 0.243 e. The van der Waals surface area contributed by atoms with Crippen LogP contribution in [-0.2, 0) is 9.59 Å². The number of likely N-dealkylation sites (tertiary alicyclic amines) is 1. The van der Waals surface area contributed by atoms with Gasteiger partial charge in [0.25, 0.3) is 0 Å². The van der Waals surface area contributed by atoms with Gasteiger partial charge in [0.15, 0.2) is 0 Å². The Balaban J connectivity index is 1.16. The average molecular weight is 447 g/mol. The molecule has 32 heavy (non-hydrogen) atoms. The number of carbonyl (C=O) groups is 2. The standard InChI is InChI=1S/C25H26N4O2S/c30-23(12-13-24(31)29-16-14-20(27-29)18-7-2-1-3-8-18)28-15-6-9-19(17-28)25-26-21-10-4-5-11-22(21)32-25/h1-5,7-8,10-11,19H,6,9,12-17H2. The van der Waals surface area contributed by atoms with Gasteiger partial charge in [0.2, 0.25) is 11.8 Å². The van der Waals surface area contributed by atoms with Gasteiger partial charge in [-0.25, -0.2) is 9.99 Å². The van der Waals surface area contributed by atoms with Crippen LogP contribution < -0.4 is 0 Å². The highest BCUT2D eigenvalue weighted by molar-refractivity contribution is 7.18. The van der Waals surface area contributed by atoms with Gasteiger partial charge in [-0.3, -0.25) is 9.59 Å². The van der Waals surface area contributed by atoms with Crippen molar-refractivity contribution in [1.82, 2.24) is 14.9 Å². The summed E-state index contributed by atoms with van der Waals surface area (Å²) in [6.45, 7) is 2.03. The lowest BCUT2D eigenvalue weighted by molar-refractivity contribution is -0.137. The quantitative estimate of drug-likeness (QED) is 0.583. The number of hydrazone groups is 1. The maximum absolute atomic E-state index is 12.9. The Bertz CT molecular complexity index is 1120. The van der Waals surface area contributed by atoms with Gasteiger partial charge in [0.05, 0.1) is 27.5 Å². The molecule has 1 aromatic heterocycles. The number of fused-ring (bicyclic) bond motifs is 1. The van der Waals surface area contributed by atoms with Crippen molar-refractivity contribution in [3.63, 3.8) is 0 Å². The second kappa shape index (κ2) is 9.20. The van der Waals surface area contributed by atoms with Crippen molar-refractivity contribution in [3.8, 4) is 0 Å². The summed E-state index contributed by atoms with van der Waals surface area (Å²) in [4.78, 5) is 32.2. The molecule has 0 aliphatic carbocycles. The molecule has 0 saturated carbocycles. The summed E-state index contributed by atoms with van der Waals surface area (Å²) in [6, 6.07) is 18.1. The lowest BCUT2D eigenvalue weighted by Gasteiger charge is -2.32. The van der Waals surface area contributed by atoms with Crippen molar-refractivity contribution < 1.29 is 9.59 Å². The monoisotopic (exact) mass is 446 g/mol. The van der Waals surface area contributed by atoms with E-state index in [1.807, 2.05) is 53.4 Å². The van der Waals surface area contributed by atoms with E-state index in [0.29, 0.717) is 13.1 Å². The van der Waals surface area contributed by atoms with Gasteiger partial charge in [-0.1, -0.05) is 42.5 Å². The van der Waals surface area contributed by atoms with Gasteiger partial charge in [0, 0.05) is 38.3 Å². The first-order valence-electron chi connectivity index (χ1n) is 11.2. The van der Waals surface area contributed by atoms with Crippen molar-refractivity contribution in [2.45, 2.75) is 38.0 Å². The molecule has 3 heterocycles. The van der Waals surface area contributed by atoms with Crippen molar-refractivity contribution in [2.24, 2.45) is 5.10 Å². The van der Waals surface area contributed by atoms with Crippen LogP contribution in [-0.4, -0.2) is 52.1 Å². The fraction of sp³-hybridized carbons (Fsp3) is 0.360. The Labute approximate surface area is 191 Å². The number of benzene rings is 2. The van der Waals surface area contributed by atoms with Gasteiger partial charge < -0.3 is 4.90 Å². The zero-order valence-electron chi connectivity index (χ0n) is 17.9. The van der Waals surface area contributed by atoms with E-state index in [1.54, 1.807) is 11.3 Å². The summed E-state index contributed by atoms with van der Waals surface area (Å²) in [7, 11) is 0. The van der Waals surface area contributed by atoms with E-state index in [-0.39, 0.29) is 30.6 Å². The number of para-hydroxylation sites is 1. The van der Waals surface area contributed by atoms with Crippen LogP contribution >= 0.6 is 11.3 Å². The highest BCUT2D eigenvalue weighted by atomic mass is 32.1. The number of piperidine rings is 1. The smallest absolute Gasteiger partial charge is 0.243 e. The molecule has 6 nitrogen and oxygen atoms in total.